The molecule has 0 fully saturated rings. The summed E-state index contributed by atoms with van der Waals surface area (Å²) >= 11 is 5.68. The number of rotatable bonds is 1. The monoisotopic (exact) mass is 179 g/mol. The smallest absolute Gasteiger partial charge is 0.208 e. The van der Waals surface area contributed by atoms with Crippen molar-refractivity contribution in [1.29, 1.82) is 0 Å². The maximum absolute atomic E-state index is 12.3. The van der Waals surface area contributed by atoms with Gasteiger partial charge in [0.25, 0.3) is 6.43 Å². The fraction of sp³-hybridized carbons (Fsp3) is 0.625. The second-order valence-electron chi connectivity index (χ2n) is 2.96. The van der Waals surface area contributed by atoms with Gasteiger partial charge in [-0.3, -0.25) is 0 Å². The topological polar surface area (TPSA) is 0 Å². The first kappa shape index (κ1) is 8.98. The first-order valence-corrected chi connectivity index (χ1v) is 3.88. The molecule has 0 saturated heterocycles. The third-order valence-electron chi connectivity index (χ3n) is 1.82. The summed E-state index contributed by atoms with van der Waals surface area (Å²) in [5.74, 6) is 0.923. The highest BCUT2D eigenvalue weighted by molar-refractivity contribution is 6.24. The summed E-state index contributed by atoms with van der Waals surface area (Å²) in [6, 6.07) is 0. The van der Waals surface area contributed by atoms with E-state index in [2.05, 4.69) is 0 Å². The van der Waals surface area contributed by atoms with E-state index >= 15 is 0 Å². The molecule has 0 bridgehead atoms. The highest BCUT2D eigenvalue weighted by Gasteiger charge is 2.39. The zero-order valence-corrected chi connectivity index (χ0v) is 7.04. The van der Waals surface area contributed by atoms with Gasteiger partial charge in [-0.1, -0.05) is 19.1 Å². The first-order valence-electron chi connectivity index (χ1n) is 3.51. The summed E-state index contributed by atoms with van der Waals surface area (Å²) in [5.41, 5.74) is 0. The minimum atomic E-state index is -2.44. The number of alkyl halides is 3. The molecule has 0 nitrogen and oxygen atoms in total. The second kappa shape index (κ2) is 3.10. The Morgan fingerprint density at radius 3 is 2.64 bits per heavy atom. The lowest BCUT2D eigenvalue weighted by molar-refractivity contribution is 0.0913. The van der Waals surface area contributed by atoms with Gasteiger partial charge in [0.1, 0.15) is 4.87 Å². The van der Waals surface area contributed by atoms with Crippen LogP contribution in [0.1, 0.15) is 19.8 Å². The predicted octanol–water partition coefficient (Wildman–Crippen LogP) is 3.17. The van der Waals surface area contributed by atoms with Crippen LogP contribution in [0.15, 0.2) is 12.2 Å². The summed E-state index contributed by atoms with van der Waals surface area (Å²) in [4.78, 5) is -1.33. The Bertz CT molecular complexity index is 167. The van der Waals surface area contributed by atoms with Crippen LogP contribution in [0.4, 0.5) is 8.78 Å². The summed E-state index contributed by atoms with van der Waals surface area (Å²) in [6.45, 7) is 1.81. The van der Waals surface area contributed by atoms with Gasteiger partial charge in [0.05, 0.1) is 0 Å². The maximum Gasteiger partial charge on any atom is 0.257 e. The Morgan fingerprint density at radius 1 is 1.64 bits per heavy atom. The van der Waals surface area contributed by atoms with Gasteiger partial charge in [-0.05, 0) is 18.8 Å². The van der Waals surface area contributed by atoms with E-state index in [9.17, 15) is 8.78 Å². The molecule has 0 heterocycles. The van der Waals surface area contributed by atoms with Gasteiger partial charge < -0.3 is 0 Å². The molecule has 11 heavy (non-hydrogen) atoms. The van der Waals surface area contributed by atoms with E-state index in [1.165, 1.54) is 0 Å². The highest BCUT2D eigenvalue weighted by atomic mass is 35.5. The number of allylic oxidation sites excluding steroid dienone is 2. The van der Waals surface area contributed by atoms with Crippen LogP contribution in [0.25, 0.3) is 0 Å². The van der Waals surface area contributed by atoms with Crippen molar-refractivity contribution in [2.45, 2.75) is 31.1 Å². The average Bonchev–Trinajstić information content (AvgIpc) is 1.86. The zero-order valence-electron chi connectivity index (χ0n) is 6.28. The van der Waals surface area contributed by atoms with E-state index in [1.54, 1.807) is 6.08 Å². The number of hydrogen-bond donors (Lipinski definition) is 0. The van der Waals surface area contributed by atoms with Crippen molar-refractivity contribution < 1.29 is 8.78 Å². The second-order valence-corrected chi connectivity index (χ2v) is 3.72. The Balaban J connectivity index is 2.67. The molecule has 63 valence electrons. The van der Waals surface area contributed by atoms with Crippen molar-refractivity contribution >= 4 is 11.6 Å². The maximum atomic E-state index is 12.3. The van der Waals surface area contributed by atoms with Crippen molar-refractivity contribution in [3.05, 3.63) is 18.1 Å². The van der Waals surface area contributed by atoms with Crippen LogP contribution in [0, 0.1) is 5.92 Å². The van der Waals surface area contributed by atoms with E-state index in [-0.39, 0.29) is 6.42 Å². The Kier molecular flexibility index (Phi) is 2.53. The lowest BCUT2D eigenvalue weighted by Gasteiger charge is -2.29. The minimum absolute atomic E-state index is 0.267. The van der Waals surface area contributed by atoms with Crippen LogP contribution in [0.2, 0.25) is 0 Å². The molecular weight excluding hydrogens is 170 g/mol. The van der Waals surface area contributed by atoms with Gasteiger partial charge in [0.2, 0.25) is 0 Å². The molecule has 1 aliphatic rings. The summed E-state index contributed by atoms with van der Waals surface area (Å²) < 4.78 is 24.6. The molecule has 1 atom stereocenters. The Morgan fingerprint density at radius 2 is 2.27 bits per heavy atom. The molecule has 0 aromatic heterocycles. The first-order chi connectivity index (χ1) is 5.04. The molecule has 1 aliphatic carbocycles. The summed E-state index contributed by atoms with van der Waals surface area (Å²) in [5, 5.41) is 0. The number of hydrogen-bond acceptors (Lipinski definition) is 0. The summed E-state index contributed by atoms with van der Waals surface area (Å²) in [7, 11) is 0. The Hall–Kier alpha value is -0.110. The van der Waals surface area contributed by atoms with E-state index in [0.29, 0.717) is 6.42 Å². The van der Waals surface area contributed by atoms with Crippen molar-refractivity contribution in [3.8, 4) is 0 Å². The molecule has 1 radical (unpaired) electrons. The standard InChI is InChI=1S/C8H10ClF2/c1-6-3-2-4-8(9,5-6)7(10)11/h2-3,7H,4-5H2,1H3. The molecule has 0 aromatic rings. The fourth-order valence-corrected chi connectivity index (χ4v) is 1.52. The molecule has 0 aliphatic heterocycles. The zero-order chi connectivity index (χ0) is 8.48. The van der Waals surface area contributed by atoms with Crippen LogP contribution < -0.4 is 0 Å². The third-order valence-corrected chi connectivity index (χ3v) is 2.28. The quantitative estimate of drug-likeness (QED) is 0.543. The van der Waals surface area contributed by atoms with Gasteiger partial charge >= 0.3 is 0 Å². The normalized spacial score (nSPS) is 33.2. The molecule has 1 unspecified atom stereocenters. The van der Waals surface area contributed by atoms with Gasteiger partial charge in [-0.25, -0.2) is 8.78 Å². The molecule has 0 aromatic carbocycles. The van der Waals surface area contributed by atoms with Crippen LogP contribution in [0.3, 0.4) is 0 Å². The van der Waals surface area contributed by atoms with Crippen molar-refractivity contribution in [3.63, 3.8) is 0 Å². The lowest BCUT2D eigenvalue weighted by atomic mass is 9.87. The minimum Gasteiger partial charge on any atom is -0.208 e. The fourth-order valence-electron chi connectivity index (χ4n) is 1.22. The van der Waals surface area contributed by atoms with E-state index in [0.717, 1.165) is 5.92 Å². The van der Waals surface area contributed by atoms with Crippen LogP contribution >= 0.6 is 11.6 Å². The van der Waals surface area contributed by atoms with Gasteiger partial charge in [-0.2, -0.15) is 0 Å². The number of halogens is 3. The molecule has 1 rings (SSSR count). The molecule has 0 spiro atoms. The molecule has 0 amide bonds. The van der Waals surface area contributed by atoms with E-state index in [4.69, 9.17) is 11.6 Å². The van der Waals surface area contributed by atoms with Crippen LogP contribution in [0.5, 0.6) is 0 Å². The van der Waals surface area contributed by atoms with E-state index in [1.807, 2.05) is 13.0 Å². The largest absolute Gasteiger partial charge is 0.257 e. The lowest BCUT2D eigenvalue weighted by Crippen LogP contribution is -2.33. The molecular formula is C8H10ClF2. The summed E-state index contributed by atoms with van der Waals surface area (Å²) in [6.07, 6.45) is 1.68. The predicted molar refractivity (Wildman–Crippen MR) is 41.9 cm³/mol. The average molecular weight is 180 g/mol. The van der Waals surface area contributed by atoms with Crippen molar-refractivity contribution in [1.82, 2.24) is 0 Å². The van der Waals surface area contributed by atoms with Gasteiger partial charge in [0.15, 0.2) is 0 Å². The van der Waals surface area contributed by atoms with Gasteiger partial charge in [0, 0.05) is 0 Å². The Labute approximate surface area is 70.2 Å². The SMILES string of the molecule is C[C]1C=CCC(Cl)(C(F)F)C1. The molecule has 0 N–H and O–H groups in total. The highest BCUT2D eigenvalue weighted by Crippen LogP contribution is 2.38. The molecule has 3 heteroatoms. The van der Waals surface area contributed by atoms with Crippen molar-refractivity contribution in [2.75, 3.05) is 0 Å². The van der Waals surface area contributed by atoms with Crippen LogP contribution in [-0.2, 0) is 0 Å². The van der Waals surface area contributed by atoms with Gasteiger partial charge in [-0.15, -0.1) is 11.6 Å². The molecule has 0 saturated carbocycles. The third kappa shape index (κ3) is 1.92. The van der Waals surface area contributed by atoms with E-state index < -0.39 is 11.3 Å². The van der Waals surface area contributed by atoms with Crippen molar-refractivity contribution in [2.24, 2.45) is 0 Å². The van der Waals surface area contributed by atoms with Crippen LogP contribution in [-0.4, -0.2) is 11.3 Å².